The molecule has 2 heterocycles. The highest BCUT2D eigenvalue weighted by molar-refractivity contribution is 7.85. The Bertz CT molecular complexity index is 3630. The molecular formula is C60H41N2O9P. The van der Waals surface area contributed by atoms with Crippen LogP contribution < -0.4 is 39.8 Å². The van der Waals surface area contributed by atoms with Crippen molar-refractivity contribution in [2.75, 3.05) is 11.9 Å². The summed E-state index contributed by atoms with van der Waals surface area (Å²) in [4.78, 5) is 55.1. The monoisotopic (exact) mass is 964 g/mol. The molecule has 350 valence electrons. The molecule has 0 bridgehead atoms. The molecule has 11 rings (SSSR count). The number of carbonyl (C=O) groups excluding carboxylic acids is 4. The third-order valence-corrected chi connectivity index (χ3v) is 15.6. The molecule has 4 amide bonds. The minimum atomic E-state index is -3.55. The second-order valence-corrected chi connectivity index (χ2v) is 19.9. The van der Waals surface area contributed by atoms with Crippen molar-refractivity contribution >= 4 is 52.4 Å². The third-order valence-electron chi connectivity index (χ3n) is 12.5. The number of nitrogens with zero attached hydrogens (tertiary/aromatic N) is 2. The predicted octanol–water partition coefficient (Wildman–Crippen LogP) is 12.5. The fourth-order valence-electron chi connectivity index (χ4n) is 8.86. The highest BCUT2D eigenvalue weighted by Gasteiger charge is 2.38. The minimum Gasteiger partial charge on any atom is -0.457 e. The van der Waals surface area contributed by atoms with Gasteiger partial charge in [0.2, 0.25) is 0 Å². The molecule has 9 aromatic rings. The van der Waals surface area contributed by atoms with Crippen LogP contribution in [-0.2, 0) is 4.57 Å². The van der Waals surface area contributed by atoms with Crippen molar-refractivity contribution in [2.24, 2.45) is 0 Å². The largest absolute Gasteiger partial charge is 0.457 e. The fourth-order valence-corrected chi connectivity index (χ4v) is 11.6. The van der Waals surface area contributed by atoms with E-state index in [1.165, 1.54) is 7.05 Å². The van der Waals surface area contributed by atoms with Crippen LogP contribution in [0.1, 0.15) is 47.0 Å². The zero-order valence-electron chi connectivity index (χ0n) is 38.7. The van der Waals surface area contributed by atoms with Gasteiger partial charge in [-0.2, -0.15) is 0 Å². The minimum absolute atomic E-state index is 0.185. The second kappa shape index (κ2) is 18.5. The molecule has 0 N–H and O–H groups in total. The number of hydrogen-bond acceptors (Lipinski definition) is 9. The topological polar surface area (TPSA) is 129 Å². The zero-order chi connectivity index (χ0) is 49.5. The van der Waals surface area contributed by atoms with Crippen molar-refractivity contribution in [3.63, 3.8) is 0 Å². The lowest BCUT2D eigenvalue weighted by Crippen LogP contribution is -2.29. The number of amides is 4. The number of hydrogen-bond donors (Lipinski definition) is 0. The van der Waals surface area contributed by atoms with Gasteiger partial charge >= 0.3 is 0 Å². The molecule has 12 heteroatoms. The predicted molar refractivity (Wildman–Crippen MR) is 276 cm³/mol. The maximum atomic E-state index is 15.7. The summed E-state index contributed by atoms with van der Waals surface area (Å²) in [6.45, 7) is 1.98. The summed E-state index contributed by atoms with van der Waals surface area (Å²) in [5.41, 5.74) is 4.21. The van der Waals surface area contributed by atoms with E-state index in [2.05, 4.69) is 0 Å². The van der Waals surface area contributed by atoms with E-state index in [4.69, 9.17) is 18.9 Å². The van der Waals surface area contributed by atoms with Crippen LogP contribution in [-0.4, -0.2) is 35.6 Å². The van der Waals surface area contributed by atoms with Gasteiger partial charge in [-0.05, 0) is 121 Å². The van der Waals surface area contributed by atoms with Crippen LogP contribution in [0.3, 0.4) is 0 Å². The van der Waals surface area contributed by atoms with Crippen LogP contribution in [0, 0.1) is 6.92 Å². The van der Waals surface area contributed by atoms with Crippen LogP contribution in [0.2, 0.25) is 0 Å². The smallest absolute Gasteiger partial charge is 0.266 e. The average Bonchev–Trinajstić information content (AvgIpc) is 3.78. The zero-order valence-corrected chi connectivity index (χ0v) is 39.6. The summed E-state index contributed by atoms with van der Waals surface area (Å²) in [5.74, 6) is 1.81. The Kier molecular flexibility index (Phi) is 11.6. The Hall–Kier alpha value is -9.31. The van der Waals surface area contributed by atoms with Crippen molar-refractivity contribution in [3.8, 4) is 57.1 Å². The Labute approximate surface area is 414 Å². The van der Waals surface area contributed by atoms with E-state index in [0.29, 0.717) is 67.3 Å². The van der Waals surface area contributed by atoms with Crippen LogP contribution in [0.15, 0.2) is 212 Å². The number of benzene rings is 9. The molecule has 2 aliphatic heterocycles. The molecule has 0 saturated heterocycles. The van der Waals surface area contributed by atoms with Gasteiger partial charge in [-0.25, -0.2) is 4.90 Å². The number of rotatable bonds is 13. The van der Waals surface area contributed by atoms with Crippen molar-refractivity contribution in [1.29, 1.82) is 0 Å². The number of fused-ring (bicyclic) bond motifs is 2. The molecule has 2 aliphatic rings. The van der Waals surface area contributed by atoms with Gasteiger partial charge in [0.25, 0.3) is 23.6 Å². The molecule has 0 fully saturated rings. The number of aryl methyl sites for hydroxylation is 1. The van der Waals surface area contributed by atoms with E-state index in [9.17, 15) is 19.2 Å². The molecule has 0 unspecified atom stereocenters. The molecule has 9 aromatic carbocycles. The Morgan fingerprint density at radius 3 is 1.40 bits per heavy atom. The van der Waals surface area contributed by atoms with Crippen LogP contribution >= 0.6 is 7.14 Å². The molecule has 0 saturated carbocycles. The summed E-state index contributed by atoms with van der Waals surface area (Å²) >= 11 is 0. The number of ether oxygens (including phenoxy) is 4. The van der Waals surface area contributed by atoms with Crippen molar-refractivity contribution in [1.82, 2.24) is 4.90 Å². The molecule has 0 aromatic heterocycles. The van der Waals surface area contributed by atoms with Crippen LogP contribution in [0.25, 0.3) is 11.1 Å². The molecule has 0 aliphatic carbocycles. The van der Waals surface area contributed by atoms with E-state index in [-0.39, 0.29) is 34.4 Å². The van der Waals surface area contributed by atoms with Crippen molar-refractivity contribution < 1.29 is 42.7 Å². The summed E-state index contributed by atoms with van der Waals surface area (Å²) in [6.07, 6.45) is 0. The van der Waals surface area contributed by atoms with Gasteiger partial charge in [0.05, 0.1) is 33.2 Å². The van der Waals surface area contributed by atoms with E-state index in [0.717, 1.165) is 26.5 Å². The van der Waals surface area contributed by atoms with Crippen LogP contribution in [0.5, 0.6) is 46.0 Å². The maximum Gasteiger partial charge on any atom is 0.266 e. The molecule has 0 radical (unpaired) electrons. The normalized spacial score (nSPS) is 13.0. The summed E-state index contributed by atoms with van der Waals surface area (Å²) in [6, 6.07) is 62.7. The van der Waals surface area contributed by atoms with Gasteiger partial charge in [0.1, 0.15) is 46.0 Å². The Morgan fingerprint density at radius 1 is 0.375 bits per heavy atom. The number of carbonyl (C=O) groups is 4. The number of imide groups is 2. The van der Waals surface area contributed by atoms with E-state index in [1.54, 1.807) is 78.9 Å². The van der Waals surface area contributed by atoms with E-state index < -0.39 is 19.0 Å². The first-order valence-corrected chi connectivity index (χ1v) is 24.6. The third kappa shape index (κ3) is 8.48. The highest BCUT2D eigenvalue weighted by Crippen LogP contribution is 2.47. The van der Waals surface area contributed by atoms with E-state index >= 15 is 4.57 Å². The first-order valence-electron chi connectivity index (χ1n) is 22.9. The SMILES string of the molecule is Cc1cccc(Oc2ccc(P(=O)(c3ccccc3)c3ccccc3)c(Oc3cccc(N4C(=O)c5ccc(Oc6ccc(-c7ccc(Oc8ccc9c(c8)C(=O)N(C)C9=O)cc7)cc6)cc5C4=O)c3)c2)c1. The first kappa shape index (κ1) is 45.2. The standard InChI is InChI=1S/C60H41N2O9P/c1-38-11-9-13-44(33-38)70-48-29-32-56(72(67,49-15-5-3-6-16-49)50-17-7-4-8-18-50)55(37-48)71-45-14-10-12-41(34-45)62-59(65)52-31-28-47(36-54(52)60(62)66)69-43-25-21-40(22-26-43)39-19-23-42(24-20-39)68-46-27-30-51-53(35-46)58(64)61(2)57(51)63/h3-37H,1-2H3. The molecule has 11 nitrogen and oxygen atoms in total. The van der Waals surface area contributed by atoms with Gasteiger partial charge in [0.15, 0.2) is 7.14 Å². The average molecular weight is 965 g/mol. The van der Waals surface area contributed by atoms with Crippen LogP contribution in [0.4, 0.5) is 5.69 Å². The summed E-state index contributed by atoms with van der Waals surface area (Å²) in [7, 11) is -2.09. The van der Waals surface area contributed by atoms with Gasteiger partial charge < -0.3 is 23.5 Å². The second-order valence-electron chi connectivity index (χ2n) is 17.2. The van der Waals surface area contributed by atoms with E-state index in [1.807, 2.05) is 140 Å². The van der Waals surface area contributed by atoms with Gasteiger partial charge in [-0.1, -0.05) is 103 Å². The summed E-state index contributed by atoms with van der Waals surface area (Å²) < 4.78 is 40.9. The highest BCUT2D eigenvalue weighted by atomic mass is 31.2. The molecule has 72 heavy (non-hydrogen) atoms. The Morgan fingerprint density at radius 2 is 0.819 bits per heavy atom. The van der Waals surface area contributed by atoms with Crippen molar-refractivity contribution in [2.45, 2.75) is 6.92 Å². The molecule has 0 spiro atoms. The quantitative estimate of drug-likeness (QED) is 0.0819. The maximum absolute atomic E-state index is 15.7. The lowest BCUT2D eigenvalue weighted by atomic mass is 10.1. The summed E-state index contributed by atoms with van der Waals surface area (Å²) in [5, 5.41) is 1.67. The van der Waals surface area contributed by atoms with Crippen molar-refractivity contribution in [3.05, 3.63) is 240 Å². The number of anilines is 1. The van der Waals surface area contributed by atoms with Gasteiger partial charge in [-0.15, -0.1) is 0 Å². The lowest BCUT2D eigenvalue weighted by Gasteiger charge is -2.23. The molecule has 0 atom stereocenters. The fraction of sp³-hybridized carbons (Fsp3) is 0.0333. The van der Waals surface area contributed by atoms with Gasteiger partial charge in [-0.3, -0.25) is 24.1 Å². The molecular weight excluding hydrogens is 924 g/mol. The van der Waals surface area contributed by atoms with Gasteiger partial charge in [0, 0.05) is 29.8 Å². The first-order chi connectivity index (χ1) is 35.0. The Balaban J connectivity index is 0.816. The lowest BCUT2D eigenvalue weighted by molar-refractivity contribution is 0.0692.